The minimum Gasteiger partial charge on any atom is -0.495 e. The number of aromatic nitrogens is 2. The quantitative estimate of drug-likeness (QED) is 0.204. The number of nitrogens with zero attached hydrogens (tertiary/aromatic N) is 2. The maximum atomic E-state index is 13.2. The molecule has 200 valence electrons. The molecule has 2 atom stereocenters. The molecule has 2 unspecified atom stereocenters. The lowest BCUT2D eigenvalue weighted by Gasteiger charge is -2.09. The summed E-state index contributed by atoms with van der Waals surface area (Å²) in [7, 11) is 1.59. The molecule has 1 aliphatic carbocycles. The highest BCUT2D eigenvalue weighted by Gasteiger charge is 2.46. The molecule has 1 amide bonds. The van der Waals surface area contributed by atoms with Crippen LogP contribution in [0.3, 0.4) is 0 Å². The maximum absolute atomic E-state index is 13.2. The van der Waals surface area contributed by atoms with Gasteiger partial charge in [0.25, 0.3) is 0 Å². The van der Waals surface area contributed by atoms with Crippen LogP contribution in [0.2, 0.25) is 10.0 Å². The fourth-order valence-electron chi connectivity index (χ4n) is 4.72. The Morgan fingerprint density at radius 2 is 1.62 bits per heavy atom. The van der Waals surface area contributed by atoms with Crippen molar-refractivity contribution >= 4 is 34.8 Å². The first-order valence-electron chi connectivity index (χ1n) is 12.8. The number of methoxy groups -OCH3 is 1. The standard InChI is InChI=1S/C32H25Cl2N3O3/c1-39-30-16-7-20(17-29(30)34)31-28(19-37(36-31)23-5-3-2-4-6-23)26-18-27(26)32(38)35-22-10-14-25(15-11-22)40-24-12-8-21(33)9-13-24/h2-17,19,26-27H,18H2,1H3,(H,35,38). The monoisotopic (exact) mass is 569 g/mol. The zero-order chi connectivity index (χ0) is 27.6. The van der Waals surface area contributed by atoms with Crippen LogP contribution in [0.4, 0.5) is 5.69 Å². The molecule has 40 heavy (non-hydrogen) atoms. The molecule has 5 aromatic rings. The number of rotatable bonds is 8. The minimum absolute atomic E-state index is 0.0254. The van der Waals surface area contributed by atoms with Crippen LogP contribution in [-0.2, 0) is 4.79 Å². The second kappa shape index (κ2) is 11.1. The molecule has 6 nitrogen and oxygen atoms in total. The van der Waals surface area contributed by atoms with Gasteiger partial charge >= 0.3 is 0 Å². The number of carbonyl (C=O) groups excluding carboxylic acids is 1. The average Bonchev–Trinajstić information content (AvgIpc) is 3.66. The molecule has 0 spiro atoms. The SMILES string of the molecule is COc1ccc(-c2nn(-c3ccccc3)cc2C2CC2C(=O)Nc2ccc(Oc3ccc(Cl)cc3)cc2)cc1Cl. The van der Waals surface area contributed by atoms with E-state index in [9.17, 15) is 4.79 Å². The highest BCUT2D eigenvalue weighted by atomic mass is 35.5. The van der Waals surface area contributed by atoms with Gasteiger partial charge in [-0.25, -0.2) is 4.68 Å². The van der Waals surface area contributed by atoms with Gasteiger partial charge in [-0.1, -0.05) is 41.4 Å². The van der Waals surface area contributed by atoms with Gasteiger partial charge < -0.3 is 14.8 Å². The van der Waals surface area contributed by atoms with E-state index in [2.05, 4.69) is 5.32 Å². The molecule has 0 saturated heterocycles. The predicted octanol–water partition coefficient (Wildman–Crippen LogP) is 8.39. The lowest BCUT2D eigenvalue weighted by Crippen LogP contribution is -2.14. The molecule has 4 aromatic carbocycles. The fraction of sp³-hybridized carbons (Fsp3) is 0.125. The second-order valence-electron chi connectivity index (χ2n) is 9.58. The Morgan fingerprint density at radius 1 is 0.925 bits per heavy atom. The van der Waals surface area contributed by atoms with E-state index in [1.807, 2.05) is 83.7 Å². The highest BCUT2D eigenvalue weighted by molar-refractivity contribution is 6.32. The van der Waals surface area contributed by atoms with Gasteiger partial charge in [0.15, 0.2) is 0 Å². The van der Waals surface area contributed by atoms with E-state index in [0.29, 0.717) is 33.0 Å². The summed E-state index contributed by atoms with van der Waals surface area (Å²) >= 11 is 12.4. The van der Waals surface area contributed by atoms with Crippen molar-refractivity contribution in [3.63, 3.8) is 0 Å². The number of hydrogen-bond acceptors (Lipinski definition) is 4. The Balaban J connectivity index is 1.19. The number of ether oxygens (including phenoxy) is 2. The molecule has 6 rings (SSSR count). The van der Waals surface area contributed by atoms with E-state index in [1.54, 1.807) is 31.4 Å². The number of amides is 1. The highest BCUT2D eigenvalue weighted by Crippen LogP contribution is 2.51. The summed E-state index contributed by atoms with van der Waals surface area (Å²) in [6.45, 7) is 0. The summed E-state index contributed by atoms with van der Waals surface area (Å²) in [5.74, 6) is 1.81. The van der Waals surface area contributed by atoms with E-state index >= 15 is 0 Å². The van der Waals surface area contributed by atoms with Gasteiger partial charge in [0.1, 0.15) is 17.2 Å². The van der Waals surface area contributed by atoms with E-state index in [0.717, 1.165) is 28.9 Å². The van der Waals surface area contributed by atoms with Crippen molar-refractivity contribution in [1.82, 2.24) is 9.78 Å². The number of nitrogens with one attached hydrogen (secondary N) is 1. The topological polar surface area (TPSA) is 65.4 Å². The third-order valence-electron chi connectivity index (χ3n) is 6.89. The molecule has 0 aliphatic heterocycles. The number of para-hydroxylation sites is 1. The van der Waals surface area contributed by atoms with Gasteiger partial charge in [-0.05, 0) is 85.3 Å². The first-order chi connectivity index (χ1) is 19.5. The predicted molar refractivity (Wildman–Crippen MR) is 158 cm³/mol. The molecule has 0 radical (unpaired) electrons. The minimum atomic E-state index is -0.161. The summed E-state index contributed by atoms with van der Waals surface area (Å²) in [6.07, 6.45) is 2.75. The first-order valence-corrected chi connectivity index (χ1v) is 13.6. The van der Waals surface area contributed by atoms with E-state index in [1.165, 1.54) is 0 Å². The van der Waals surface area contributed by atoms with Crippen molar-refractivity contribution in [1.29, 1.82) is 0 Å². The average molecular weight is 570 g/mol. The molecule has 1 aliphatic rings. The smallest absolute Gasteiger partial charge is 0.228 e. The maximum Gasteiger partial charge on any atom is 0.228 e. The number of anilines is 1. The van der Waals surface area contributed by atoms with Crippen molar-refractivity contribution in [2.45, 2.75) is 12.3 Å². The van der Waals surface area contributed by atoms with Gasteiger partial charge in [-0.15, -0.1) is 0 Å². The van der Waals surface area contributed by atoms with Crippen molar-refractivity contribution in [2.24, 2.45) is 5.92 Å². The molecule has 1 fully saturated rings. The van der Waals surface area contributed by atoms with Crippen LogP contribution in [0.1, 0.15) is 17.9 Å². The molecular weight excluding hydrogens is 545 g/mol. The van der Waals surface area contributed by atoms with Crippen LogP contribution in [-0.4, -0.2) is 22.8 Å². The molecule has 1 aromatic heterocycles. The number of halogens is 2. The molecular formula is C32H25Cl2N3O3. The van der Waals surface area contributed by atoms with Crippen molar-refractivity contribution in [3.05, 3.63) is 119 Å². The van der Waals surface area contributed by atoms with Crippen LogP contribution < -0.4 is 14.8 Å². The molecule has 8 heteroatoms. The zero-order valence-corrected chi connectivity index (χ0v) is 23.1. The van der Waals surface area contributed by atoms with Gasteiger partial charge in [0.05, 0.1) is 23.5 Å². The van der Waals surface area contributed by atoms with Crippen LogP contribution in [0.5, 0.6) is 17.2 Å². The van der Waals surface area contributed by atoms with Crippen LogP contribution in [0.25, 0.3) is 16.9 Å². The van der Waals surface area contributed by atoms with Crippen LogP contribution in [0.15, 0.2) is 103 Å². The third-order valence-corrected chi connectivity index (χ3v) is 7.43. The van der Waals surface area contributed by atoms with Gasteiger partial charge in [0, 0.05) is 39.9 Å². The van der Waals surface area contributed by atoms with Crippen molar-refractivity contribution < 1.29 is 14.3 Å². The van der Waals surface area contributed by atoms with Crippen LogP contribution >= 0.6 is 23.2 Å². The Morgan fingerprint density at radius 3 is 2.30 bits per heavy atom. The Kier molecular flexibility index (Phi) is 7.20. The van der Waals surface area contributed by atoms with Gasteiger partial charge in [-0.3, -0.25) is 4.79 Å². The molecule has 1 saturated carbocycles. The summed E-state index contributed by atoms with van der Waals surface area (Å²) in [6, 6.07) is 30.0. The first kappa shape index (κ1) is 26.0. The Bertz CT molecular complexity index is 1650. The largest absolute Gasteiger partial charge is 0.495 e. The van der Waals surface area contributed by atoms with E-state index < -0.39 is 0 Å². The Labute approximate surface area is 242 Å². The summed E-state index contributed by atoms with van der Waals surface area (Å²) in [5.41, 5.74) is 4.34. The summed E-state index contributed by atoms with van der Waals surface area (Å²) < 4.78 is 13.0. The summed E-state index contributed by atoms with van der Waals surface area (Å²) in [4.78, 5) is 13.2. The van der Waals surface area contributed by atoms with Gasteiger partial charge in [-0.2, -0.15) is 5.10 Å². The van der Waals surface area contributed by atoms with E-state index in [-0.39, 0.29) is 17.7 Å². The molecule has 1 N–H and O–H groups in total. The lowest BCUT2D eigenvalue weighted by atomic mass is 10.0. The fourth-order valence-corrected chi connectivity index (χ4v) is 5.10. The number of benzene rings is 4. The normalized spacial score (nSPS) is 15.9. The van der Waals surface area contributed by atoms with Gasteiger partial charge in [0.2, 0.25) is 5.91 Å². The lowest BCUT2D eigenvalue weighted by molar-refractivity contribution is -0.117. The van der Waals surface area contributed by atoms with Crippen molar-refractivity contribution in [2.75, 3.05) is 12.4 Å². The van der Waals surface area contributed by atoms with Crippen molar-refractivity contribution in [3.8, 4) is 34.2 Å². The third kappa shape index (κ3) is 5.55. The summed E-state index contributed by atoms with van der Waals surface area (Å²) in [5, 5.41) is 9.10. The van der Waals surface area contributed by atoms with Crippen LogP contribution in [0, 0.1) is 5.92 Å². The second-order valence-corrected chi connectivity index (χ2v) is 10.4. The zero-order valence-electron chi connectivity index (χ0n) is 21.6. The molecule has 1 heterocycles. The van der Waals surface area contributed by atoms with E-state index in [4.69, 9.17) is 37.8 Å². The molecule has 0 bridgehead atoms. The Hall–Kier alpha value is -4.26. The number of hydrogen-bond donors (Lipinski definition) is 1. The number of carbonyl (C=O) groups is 1.